The summed E-state index contributed by atoms with van der Waals surface area (Å²) in [6.45, 7) is 0.620. The fourth-order valence-corrected chi connectivity index (χ4v) is 3.89. The molecule has 9 nitrogen and oxygen atoms in total. The maximum absolute atomic E-state index is 13.3. The van der Waals surface area contributed by atoms with Crippen LogP contribution in [0.5, 0.6) is 5.75 Å². The lowest BCUT2D eigenvalue weighted by Gasteiger charge is -2.13. The average molecular weight is 498 g/mol. The molecule has 5 rings (SSSR count). The number of fused-ring (bicyclic) bond motifs is 1. The topological polar surface area (TPSA) is 130 Å². The van der Waals surface area contributed by atoms with Gasteiger partial charge in [-0.3, -0.25) is 0 Å². The monoisotopic (exact) mass is 497 g/mol. The number of aromatic hydroxyl groups is 1. The summed E-state index contributed by atoms with van der Waals surface area (Å²) in [5, 5.41) is 23.5. The number of nitrogens with two attached hydrogens (primary N) is 1. The Hall–Kier alpha value is -5.12. The molecule has 2 amide bonds. The molecule has 0 aliphatic heterocycles. The Morgan fingerprint density at radius 3 is 2.57 bits per heavy atom. The maximum atomic E-state index is 13.3. The fraction of sp³-hybridized carbons (Fsp3) is 0.0741. The highest BCUT2D eigenvalue weighted by Gasteiger charge is 2.13. The van der Waals surface area contributed by atoms with Crippen LogP contribution in [-0.4, -0.2) is 25.7 Å². The van der Waals surface area contributed by atoms with Gasteiger partial charge in [0.05, 0.1) is 17.6 Å². The number of nitrogen functional groups attached to an aromatic ring is 1. The minimum absolute atomic E-state index is 0.109. The number of phenols is 1. The van der Waals surface area contributed by atoms with Gasteiger partial charge in [-0.15, -0.1) is 0 Å². The molecular formula is C27H24FN7O2. The molecule has 3 aromatic carbocycles. The van der Waals surface area contributed by atoms with Crippen molar-refractivity contribution in [1.29, 1.82) is 0 Å². The highest BCUT2D eigenvalue weighted by atomic mass is 19.1. The van der Waals surface area contributed by atoms with E-state index in [1.54, 1.807) is 47.0 Å². The van der Waals surface area contributed by atoms with Crippen molar-refractivity contribution in [3.8, 4) is 17.0 Å². The number of benzene rings is 3. The summed E-state index contributed by atoms with van der Waals surface area (Å²) in [6.07, 6.45) is 1.52. The highest BCUT2D eigenvalue weighted by molar-refractivity contribution is 5.89. The van der Waals surface area contributed by atoms with Crippen LogP contribution >= 0.6 is 0 Å². The van der Waals surface area contributed by atoms with E-state index in [2.05, 4.69) is 26.0 Å². The first kappa shape index (κ1) is 23.6. The Bertz CT molecular complexity index is 1580. The van der Waals surface area contributed by atoms with Crippen molar-refractivity contribution in [3.05, 3.63) is 102 Å². The van der Waals surface area contributed by atoms with Crippen LogP contribution in [0.15, 0.2) is 85.1 Å². The smallest absolute Gasteiger partial charge is 0.319 e. The molecule has 2 aromatic heterocycles. The van der Waals surface area contributed by atoms with Crippen molar-refractivity contribution in [2.75, 3.05) is 16.4 Å². The number of anilines is 3. The average Bonchev–Trinajstić information content (AvgIpc) is 3.27. The van der Waals surface area contributed by atoms with E-state index in [0.29, 0.717) is 46.2 Å². The summed E-state index contributed by atoms with van der Waals surface area (Å²) >= 11 is 0. The first-order valence-corrected chi connectivity index (χ1v) is 11.5. The van der Waals surface area contributed by atoms with Gasteiger partial charge in [0, 0.05) is 30.4 Å². The zero-order valence-electron chi connectivity index (χ0n) is 19.6. The van der Waals surface area contributed by atoms with Gasteiger partial charge in [0.1, 0.15) is 17.4 Å². The summed E-state index contributed by atoms with van der Waals surface area (Å²) in [5.74, 6) is 0.390. The van der Waals surface area contributed by atoms with Crippen LogP contribution in [0.2, 0.25) is 0 Å². The number of hydrogen-bond donors (Lipinski definition) is 5. The molecule has 37 heavy (non-hydrogen) atoms. The lowest BCUT2D eigenvalue weighted by Crippen LogP contribution is -2.28. The molecule has 0 fully saturated rings. The summed E-state index contributed by atoms with van der Waals surface area (Å²) in [4.78, 5) is 16.9. The Kier molecular flexibility index (Phi) is 6.54. The molecule has 6 N–H and O–H groups in total. The second kappa shape index (κ2) is 10.2. The maximum Gasteiger partial charge on any atom is 0.319 e. The normalized spacial score (nSPS) is 10.8. The molecular weight excluding hydrogens is 473 g/mol. The van der Waals surface area contributed by atoms with Crippen LogP contribution in [0.4, 0.5) is 26.4 Å². The Balaban J connectivity index is 1.29. The number of phenolic OH excluding ortho intramolecular Hbond substituents is 1. The molecule has 0 aliphatic carbocycles. The van der Waals surface area contributed by atoms with Crippen molar-refractivity contribution < 1.29 is 14.3 Å². The van der Waals surface area contributed by atoms with Crippen molar-refractivity contribution in [2.45, 2.75) is 13.1 Å². The number of carbonyl (C=O) groups is 1. The fourth-order valence-electron chi connectivity index (χ4n) is 3.89. The predicted molar refractivity (Wildman–Crippen MR) is 141 cm³/mol. The van der Waals surface area contributed by atoms with E-state index in [0.717, 1.165) is 5.56 Å². The molecule has 0 spiro atoms. The number of rotatable bonds is 7. The standard InChI is InChI=1S/C27H24FN7O2/c28-19-7-3-5-17(11-19)15-31-27(37)33-20-8-4-6-18(12-20)14-30-25-13-23(21-9-1-2-10-24(21)36)34-26-22(29)16-32-35(25)26/h1-13,16,30,36H,14-15,29H2,(H2,31,33,37). The summed E-state index contributed by atoms with van der Waals surface area (Å²) in [7, 11) is 0. The molecule has 0 saturated heterocycles. The lowest BCUT2D eigenvalue weighted by atomic mass is 10.1. The second-order valence-electron chi connectivity index (χ2n) is 8.37. The number of carbonyl (C=O) groups excluding carboxylic acids is 1. The van der Waals surface area contributed by atoms with Gasteiger partial charge in [0.15, 0.2) is 5.65 Å². The minimum atomic E-state index is -0.399. The molecule has 0 aliphatic rings. The van der Waals surface area contributed by atoms with Gasteiger partial charge in [-0.2, -0.15) is 9.61 Å². The molecule has 0 unspecified atom stereocenters. The van der Waals surface area contributed by atoms with E-state index < -0.39 is 6.03 Å². The first-order chi connectivity index (χ1) is 18.0. The van der Waals surface area contributed by atoms with Crippen LogP contribution in [0.25, 0.3) is 16.9 Å². The van der Waals surface area contributed by atoms with Crippen molar-refractivity contribution in [2.24, 2.45) is 0 Å². The first-order valence-electron chi connectivity index (χ1n) is 11.5. The molecule has 186 valence electrons. The Labute approximate surface area is 211 Å². The molecule has 10 heteroatoms. The SMILES string of the molecule is Nc1cnn2c(NCc3cccc(NC(=O)NCc4cccc(F)c4)c3)cc(-c3ccccc3O)nc12. The molecule has 5 aromatic rings. The van der Waals surface area contributed by atoms with E-state index in [1.807, 2.05) is 24.3 Å². The van der Waals surface area contributed by atoms with Gasteiger partial charge >= 0.3 is 6.03 Å². The largest absolute Gasteiger partial charge is 0.507 e. The van der Waals surface area contributed by atoms with Crippen LogP contribution in [-0.2, 0) is 13.1 Å². The van der Waals surface area contributed by atoms with Gasteiger partial charge < -0.3 is 26.8 Å². The Morgan fingerprint density at radius 2 is 1.76 bits per heavy atom. The highest BCUT2D eigenvalue weighted by Crippen LogP contribution is 2.30. The van der Waals surface area contributed by atoms with E-state index in [1.165, 1.54) is 18.3 Å². The summed E-state index contributed by atoms with van der Waals surface area (Å²) in [6, 6.07) is 21.8. The number of halogens is 1. The third-order valence-corrected chi connectivity index (χ3v) is 5.68. The number of amides is 2. The van der Waals surface area contributed by atoms with Gasteiger partial charge in [-0.25, -0.2) is 14.2 Å². The number of nitrogens with one attached hydrogen (secondary N) is 3. The molecule has 0 radical (unpaired) electrons. The van der Waals surface area contributed by atoms with Crippen LogP contribution < -0.4 is 21.7 Å². The van der Waals surface area contributed by atoms with E-state index >= 15 is 0 Å². The van der Waals surface area contributed by atoms with Crippen LogP contribution in [0.1, 0.15) is 11.1 Å². The van der Waals surface area contributed by atoms with E-state index in [4.69, 9.17) is 5.73 Å². The number of aromatic nitrogens is 3. The zero-order valence-corrected chi connectivity index (χ0v) is 19.6. The quantitative estimate of drug-likeness (QED) is 0.221. The lowest BCUT2D eigenvalue weighted by molar-refractivity contribution is 0.251. The molecule has 0 atom stereocenters. The molecule has 0 bridgehead atoms. The third-order valence-electron chi connectivity index (χ3n) is 5.68. The second-order valence-corrected chi connectivity index (χ2v) is 8.37. The van der Waals surface area contributed by atoms with Crippen LogP contribution in [0, 0.1) is 5.82 Å². The number of nitrogens with zero attached hydrogens (tertiary/aromatic N) is 3. The van der Waals surface area contributed by atoms with E-state index in [-0.39, 0.29) is 18.1 Å². The number of hydrogen-bond acceptors (Lipinski definition) is 6. The van der Waals surface area contributed by atoms with Gasteiger partial charge in [0.2, 0.25) is 0 Å². The van der Waals surface area contributed by atoms with Crippen molar-refractivity contribution in [1.82, 2.24) is 19.9 Å². The van der Waals surface area contributed by atoms with Gasteiger partial charge in [-0.1, -0.05) is 36.4 Å². The predicted octanol–water partition coefficient (Wildman–Crippen LogP) is 4.76. The van der Waals surface area contributed by atoms with E-state index in [9.17, 15) is 14.3 Å². The number of urea groups is 1. The zero-order chi connectivity index (χ0) is 25.8. The summed E-state index contributed by atoms with van der Waals surface area (Å²) < 4.78 is 14.9. The van der Waals surface area contributed by atoms with Crippen molar-refractivity contribution in [3.63, 3.8) is 0 Å². The van der Waals surface area contributed by atoms with Crippen molar-refractivity contribution >= 4 is 28.9 Å². The Morgan fingerprint density at radius 1 is 0.973 bits per heavy atom. The summed E-state index contributed by atoms with van der Waals surface area (Å²) in [5.41, 5.74) is 10.2. The van der Waals surface area contributed by atoms with Gasteiger partial charge in [-0.05, 0) is 47.5 Å². The van der Waals surface area contributed by atoms with Crippen LogP contribution in [0.3, 0.4) is 0 Å². The van der Waals surface area contributed by atoms with Gasteiger partial charge in [0.25, 0.3) is 0 Å². The number of para-hydroxylation sites is 1. The minimum Gasteiger partial charge on any atom is -0.507 e. The molecule has 0 saturated carbocycles. The third kappa shape index (κ3) is 5.43. The molecule has 2 heterocycles.